The average molecular weight is 259 g/mol. The topological polar surface area (TPSA) is 85.0 Å². The van der Waals surface area contributed by atoms with Crippen molar-refractivity contribution in [3.05, 3.63) is 48.0 Å². The smallest absolute Gasteiger partial charge is 0.253 e. The highest BCUT2D eigenvalue weighted by Gasteiger charge is 2.10. The fourth-order valence-corrected chi connectivity index (χ4v) is 1.79. The first-order chi connectivity index (χ1) is 9.20. The molecule has 1 heterocycles. The third kappa shape index (κ3) is 3.32. The molecule has 0 aliphatic carbocycles. The van der Waals surface area contributed by atoms with E-state index in [0.29, 0.717) is 24.3 Å². The highest BCUT2D eigenvalue weighted by molar-refractivity contribution is 5.99. The number of aromatic nitrogens is 2. The number of nitrogen functional groups attached to an aromatic ring is 1. The number of aryl methyl sites for hydroxylation is 1. The summed E-state index contributed by atoms with van der Waals surface area (Å²) in [5.74, 6) is 5.28. The quantitative estimate of drug-likeness (QED) is 0.550. The van der Waals surface area contributed by atoms with Crippen molar-refractivity contribution in [1.82, 2.24) is 14.9 Å². The number of nitrogens with two attached hydrogens (primary N) is 1. The molecule has 4 N–H and O–H groups in total. The third-order valence-electron chi connectivity index (χ3n) is 2.79. The molecule has 0 spiro atoms. The number of hydrazine groups is 1. The zero-order chi connectivity index (χ0) is 13.7. The van der Waals surface area contributed by atoms with Crippen LogP contribution in [-0.4, -0.2) is 22.0 Å². The van der Waals surface area contributed by atoms with Gasteiger partial charge in [0.05, 0.1) is 17.6 Å². The minimum absolute atomic E-state index is 0.145. The minimum Gasteiger partial charge on any atom is -0.350 e. The molecular formula is C13H17N5O. The first-order valence-corrected chi connectivity index (χ1v) is 6.02. The van der Waals surface area contributed by atoms with Gasteiger partial charge < -0.3 is 15.3 Å². The SMILES string of the molecule is Cc1ccc(C(=O)NCCn2ccnc2)c(NN)c1. The number of nitrogens with one attached hydrogen (secondary N) is 2. The van der Waals surface area contributed by atoms with Gasteiger partial charge in [0, 0.05) is 25.5 Å². The summed E-state index contributed by atoms with van der Waals surface area (Å²) in [6.45, 7) is 3.16. The Labute approximate surface area is 111 Å². The number of anilines is 1. The Morgan fingerprint density at radius 2 is 2.32 bits per heavy atom. The fourth-order valence-electron chi connectivity index (χ4n) is 1.79. The number of hydrogen-bond acceptors (Lipinski definition) is 4. The van der Waals surface area contributed by atoms with Crippen LogP contribution in [0, 0.1) is 6.92 Å². The van der Waals surface area contributed by atoms with Gasteiger partial charge in [-0.05, 0) is 24.6 Å². The fraction of sp³-hybridized carbons (Fsp3) is 0.231. The number of carbonyl (C=O) groups is 1. The van der Waals surface area contributed by atoms with Crippen molar-refractivity contribution >= 4 is 11.6 Å². The predicted octanol–water partition coefficient (Wildman–Crippen LogP) is 0.907. The molecule has 0 saturated carbocycles. The number of nitrogens with zero attached hydrogens (tertiary/aromatic N) is 2. The highest BCUT2D eigenvalue weighted by Crippen LogP contribution is 2.16. The molecule has 1 aromatic heterocycles. The lowest BCUT2D eigenvalue weighted by molar-refractivity contribution is 0.0953. The van der Waals surface area contributed by atoms with E-state index in [1.807, 2.05) is 29.8 Å². The Morgan fingerprint density at radius 3 is 3.00 bits per heavy atom. The summed E-state index contributed by atoms with van der Waals surface area (Å²) in [5.41, 5.74) is 4.76. The molecule has 6 nitrogen and oxygen atoms in total. The van der Waals surface area contributed by atoms with Crippen LogP contribution in [0.15, 0.2) is 36.9 Å². The summed E-state index contributed by atoms with van der Waals surface area (Å²) in [6.07, 6.45) is 5.27. The van der Waals surface area contributed by atoms with Crippen LogP contribution in [0.4, 0.5) is 5.69 Å². The molecule has 19 heavy (non-hydrogen) atoms. The molecule has 0 aliphatic rings. The van der Waals surface area contributed by atoms with Gasteiger partial charge in [-0.2, -0.15) is 0 Å². The number of amides is 1. The third-order valence-corrected chi connectivity index (χ3v) is 2.79. The van der Waals surface area contributed by atoms with E-state index in [2.05, 4.69) is 15.7 Å². The Kier molecular flexibility index (Phi) is 4.15. The molecule has 0 unspecified atom stereocenters. The lowest BCUT2D eigenvalue weighted by Crippen LogP contribution is -2.28. The maximum Gasteiger partial charge on any atom is 0.253 e. The molecule has 0 aliphatic heterocycles. The van der Waals surface area contributed by atoms with E-state index in [9.17, 15) is 4.79 Å². The van der Waals surface area contributed by atoms with E-state index >= 15 is 0 Å². The van der Waals surface area contributed by atoms with Gasteiger partial charge in [-0.1, -0.05) is 6.07 Å². The highest BCUT2D eigenvalue weighted by atomic mass is 16.1. The Hall–Kier alpha value is -2.34. The van der Waals surface area contributed by atoms with Crippen molar-refractivity contribution < 1.29 is 4.79 Å². The number of carbonyl (C=O) groups excluding carboxylic acids is 1. The zero-order valence-corrected chi connectivity index (χ0v) is 10.8. The minimum atomic E-state index is -0.145. The van der Waals surface area contributed by atoms with Gasteiger partial charge in [-0.3, -0.25) is 10.6 Å². The first-order valence-electron chi connectivity index (χ1n) is 6.02. The predicted molar refractivity (Wildman–Crippen MR) is 73.5 cm³/mol. The molecule has 0 bridgehead atoms. The molecule has 0 fully saturated rings. The lowest BCUT2D eigenvalue weighted by atomic mass is 10.1. The van der Waals surface area contributed by atoms with Crippen LogP contribution >= 0.6 is 0 Å². The first kappa shape index (κ1) is 13.1. The molecular weight excluding hydrogens is 242 g/mol. The Bertz CT molecular complexity index is 550. The van der Waals surface area contributed by atoms with Crippen molar-refractivity contribution in [3.63, 3.8) is 0 Å². The van der Waals surface area contributed by atoms with Crippen LogP contribution in [0.2, 0.25) is 0 Å². The van der Waals surface area contributed by atoms with E-state index in [1.54, 1.807) is 18.6 Å². The standard InChI is InChI=1S/C13H17N5O/c1-10-2-3-11(12(8-10)17-14)13(19)16-5-7-18-6-4-15-9-18/h2-4,6,8-9,17H,5,7,14H2,1H3,(H,16,19). The van der Waals surface area contributed by atoms with Crippen LogP contribution < -0.4 is 16.6 Å². The summed E-state index contributed by atoms with van der Waals surface area (Å²) >= 11 is 0. The second-order valence-corrected chi connectivity index (χ2v) is 4.25. The van der Waals surface area contributed by atoms with Crippen molar-refractivity contribution in [2.24, 2.45) is 5.84 Å². The summed E-state index contributed by atoms with van der Waals surface area (Å²) in [7, 11) is 0. The zero-order valence-electron chi connectivity index (χ0n) is 10.8. The Morgan fingerprint density at radius 1 is 1.47 bits per heavy atom. The second-order valence-electron chi connectivity index (χ2n) is 4.25. The van der Waals surface area contributed by atoms with Crippen molar-refractivity contribution in [1.29, 1.82) is 0 Å². The normalized spacial score (nSPS) is 10.2. The molecule has 6 heteroatoms. The molecule has 1 aromatic carbocycles. The largest absolute Gasteiger partial charge is 0.350 e. The number of benzene rings is 1. The van der Waals surface area contributed by atoms with E-state index in [4.69, 9.17) is 5.84 Å². The monoisotopic (exact) mass is 259 g/mol. The number of imidazole rings is 1. The molecule has 2 aromatic rings. The molecule has 100 valence electrons. The van der Waals surface area contributed by atoms with Crippen molar-refractivity contribution in [3.8, 4) is 0 Å². The van der Waals surface area contributed by atoms with Gasteiger partial charge >= 0.3 is 0 Å². The maximum absolute atomic E-state index is 12.0. The van der Waals surface area contributed by atoms with Gasteiger partial charge in [0.1, 0.15) is 0 Å². The summed E-state index contributed by atoms with van der Waals surface area (Å²) in [6, 6.07) is 5.48. The van der Waals surface area contributed by atoms with Gasteiger partial charge in [0.15, 0.2) is 0 Å². The molecule has 2 rings (SSSR count). The van der Waals surface area contributed by atoms with Crippen molar-refractivity contribution in [2.75, 3.05) is 12.0 Å². The number of rotatable bonds is 5. The van der Waals surface area contributed by atoms with Crippen LogP contribution in [-0.2, 0) is 6.54 Å². The van der Waals surface area contributed by atoms with Crippen molar-refractivity contribution in [2.45, 2.75) is 13.5 Å². The molecule has 0 saturated heterocycles. The van der Waals surface area contributed by atoms with Crippen LogP contribution in [0.5, 0.6) is 0 Å². The summed E-state index contributed by atoms with van der Waals surface area (Å²) < 4.78 is 1.90. The summed E-state index contributed by atoms with van der Waals surface area (Å²) in [5, 5.41) is 2.85. The van der Waals surface area contributed by atoms with Gasteiger partial charge in [0.2, 0.25) is 0 Å². The maximum atomic E-state index is 12.0. The van der Waals surface area contributed by atoms with E-state index in [1.165, 1.54) is 0 Å². The number of hydrogen-bond donors (Lipinski definition) is 3. The van der Waals surface area contributed by atoms with Gasteiger partial charge in [-0.25, -0.2) is 4.98 Å². The molecule has 0 radical (unpaired) electrons. The van der Waals surface area contributed by atoms with Gasteiger partial charge in [0.25, 0.3) is 5.91 Å². The van der Waals surface area contributed by atoms with Crippen LogP contribution in [0.25, 0.3) is 0 Å². The van der Waals surface area contributed by atoms with Crippen LogP contribution in [0.1, 0.15) is 15.9 Å². The van der Waals surface area contributed by atoms with E-state index in [-0.39, 0.29) is 5.91 Å². The second kappa shape index (κ2) is 6.01. The van der Waals surface area contributed by atoms with Crippen LogP contribution in [0.3, 0.4) is 0 Å². The van der Waals surface area contributed by atoms with Gasteiger partial charge in [-0.15, -0.1) is 0 Å². The summed E-state index contributed by atoms with van der Waals surface area (Å²) in [4.78, 5) is 16.0. The lowest BCUT2D eigenvalue weighted by Gasteiger charge is -2.10. The van der Waals surface area contributed by atoms with E-state index in [0.717, 1.165) is 5.56 Å². The Balaban J connectivity index is 1.96. The molecule has 0 atom stereocenters. The molecule has 1 amide bonds. The van der Waals surface area contributed by atoms with E-state index < -0.39 is 0 Å². The average Bonchev–Trinajstić information content (AvgIpc) is 2.91.